The molecule has 1 aromatic heterocycles. The van der Waals surface area contributed by atoms with Gasteiger partial charge in [-0.15, -0.1) is 5.10 Å². The Hall–Kier alpha value is -2.21. The molecule has 2 heterocycles. The van der Waals surface area contributed by atoms with Crippen molar-refractivity contribution >= 4 is 5.91 Å². The first-order chi connectivity index (χ1) is 11.8. The van der Waals surface area contributed by atoms with E-state index in [1.165, 1.54) is 5.56 Å². The number of hydrogen-bond donors (Lipinski definition) is 1. The SMILES string of the molecule is CCN(CCc1ccccc1)C(=O)c1cn(C2CCNCC2)nn1. The van der Waals surface area contributed by atoms with E-state index in [4.69, 9.17) is 0 Å². The molecule has 2 aromatic rings. The lowest BCUT2D eigenvalue weighted by atomic mass is 10.1. The van der Waals surface area contributed by atoms with Crippen molar-refractivity contribution in [1.29, 1.82) is 0 Å². The number of benzene rings is 1. The Morgan fingerprint density at radius 2 is 2.04 bits per heavy atom. The Labute approximate surface area is 142 Å². The van der Waals surface area contributed by atoms with E-state index in [2.05, 4.69) is 27.8 Å². The first-order valence-corrected chi connectivity index (χ1v) is 8.73. The van der Waals surface area contributed by atoms with Crippen LogP contribution >= 0.6 is 0 Å². The summed E-state index contributed by atoms with van der Waals surface area (Å²) in [6, 6.07) is 10.6. The minimum atomic E-state index is -0.0337. The summed E-state index contributed by atoms with van der Waals surface area (Å²) in [6.45, 7) is 5.35. The van der Waals surface area contributed by atoms with Crippen LogP contribution in [0.25, 0.3) is 0 Å². The zero-order chi connectivity index (χ0) is 16.8. The average Bonchev–Trinajstić information content (AvgIpc) is 3.14. The van der Waals surface area contributed by atoms with Gasteiger partial charge in [-0.1, -0.05) is 35.5 Å². The molecule has 1 aromatic carbocycles. The van der Waals surface area contributed by atoms with Crippen LogP contribution in [0.2, 0.25) is 0 Å². The molecule has 1 aliphatic heterocycles. The molecule has 0 aliphatic carbocycles. The van der Waals surface area contributed by atoms with Gasteiger partial charge in [-0.3, -0.25) is 4.79 Å². The third kappa shape index (κ3) is 4.00. The Kier molecular flexibility index (Phi) is 5.59. The fraction of sp³-hybridized carbons (Fsp3) is 0.500. The third-order valence-electron chi connectivity index (χ3n) is 4.59. The van der Waals surface area contributed by atoms with Crippen LogP contribution in [0.4, 0.5) is 0 Å². The summed E-state index contributed by atoms with van der Waals surface area (Å²) in [5.74, 6) is -0.0337. The number of likely N-dealkylation sites (N-methyl/N-ethyl adjacent to an activating group) is 1. The number of carbonyl (C=O) groups excluding carboxylic acids is 1. The summed E-state index contributed by atoms with van der Waals surface area (Å²) < 4.78 is 1.86. The second-order valence-electron chi connectivity index (χ2n) is 6.19. The van der Waals surface area contributed by atoms with Crippen molar-refractivity contribution in [2.24, 2.45) is 0 Å². The summed E-state index contributed by atoms with van der Waals surface area (Å²) >= 11 is 0. The number of carbonyl (C=O) groups is 1. The number of nitrogens with zero attached hydrogens (tertiary/aromatic N) is 4. The highest BCUT2D eigenvalue weighted by Crippen LogP contribution is 2.17. The molecule has 24 heavy (non-hydrogen) atoms. The van der Waals surface area contributed by atoms with E-state index in [0.717, 1.165) is 32.4 Å². The Bertz CT molecular complexity index is 648. The van der Waals surface area contributed by atoms with Gasteiger partial charge in [-0.05, 0) is 44.8 Å². The van der Waals surface area contributed by atoms with Gasteiger partial charge in [0.1, 0.15) is 0 Å². The maximum atomic E-state index is 12.7. The number of amides is 1. The standard InChI is InChI=1S/C18H25N5O/c1-2-22(13-10-15-6-4-3-5-7-15)18(24)17-14-23(21-20-17)16-8-11-19-12-9-16/h3-7,14,16,19H,2,8-13H2,1H3. The fourth-order valence-corrected chi connectivity index (χ4v) is 3.10. The molecule has 3 rings (SSSR count). The zero-order valence-corrected chi connectivity index (χ0v) is 14.2. The van der Waals surface area contributed by atoms with Gasteiger partial charge in [0.2, 0.25) is 0 Å². The molecular formula is C18H25N5O. The average molecular weight is 327 g/mol. The van der Waals surface area contributed by atoms with Crippen molar-refractivity contribution in [3.05, 3.63) is 47.8 Å². The van der Waals surface area contributed by atoms with Gasteiger partial charge < -0.3 is 10.2 Å². The molecule has 0 saturated carbocycles. The minimum Gasteiger partial charge on any atom is -0.337 e. The van der Waals surface area contributed by atoms with Crippen LogP contribution in [0.3, 0.4) is 0 Å². The maximum Gasteiger partial charge on any atom is 0.276 e. The Morgan fingerprint density at radius 1 is 1.29 bits per heavy atom. The van der Waals surface area contributed by atoms with Gasteiger partial charge in [-0.2, -0.15) is 0 Å². The number of aromatic nitrogens is 3. The van der Waals surface area contributed by atoms with Gasteiger partial charge in [0.25, 0.3) is 5.91 Å². The van der Waals surface area contributed by atoms with Crippen LogP contribution in [-0.2, 0) is 6.42 Å². The molecule has 0 atom stereocenters. The van der Waals surface area contributed by atoms with Crippen LogP contribution in [0.1, 0.15) is 41.9 Å². The van der Waals surface area contributed by atoms with E-state index in [1.54, 1.807) is 0 Å². The van der Waals surface area contributed by atoms with E-state index < -0.39 is 0 Å². The molecule has 1 fully saturated rings. The molecule has 6 heteroatoms. The van der Waals surface area contributed by atoms with Crippen LogP contribution in [-0.4, -0.2) is 52.0 Å². The van der Waals surface area contributed by atoms with E-state index in [-0.39, 0.29) is 5.91 Å². The topological polar surface area (TPSA) is 63.1 Å². The molecule has 0 unspecified atom stereocenters. The second-order valence-corrected chi connectivity index (χ2v) is 6.19. The van der Waals surface area contributed by atoms with E-state index in [0.29, 0.717) is 24.8 Å². The zero-order valence-electron chi connectivity index (χ0n) is 14.2. The highest BCUT2D eigenvalue weighted by atomic mass is 16.2. The molecule has 1 aliphatic rings. The minimum absolute atomic E-state index is 0.0337. The lowest BCUT2D eigenvalue weighted by Crippen LogP contribution is -2.33. The number of nitrogens with one attached hydrogen (secondary N) is 1. The molecule has 0 spiro atoms. The Balaban J connectivity index is 1.62. The van der Waals surface area contributed by atoms with Crippen LogP contribution in [0.5, 0.6) is 0 Å². The molecule has 1 N–H and O–H groups in total. The molecule has 6 nitrogen and oxygen atoms in total. The van der Waals surface area contributed by atoms with Gasteiger partial charge in [0.05, 0.1) is 12.2 Å². The fourth-order valence-electron chi connectivity index (χ4n) is 3.10. The van der Waals surface area contributed by atoms with E-state index >= 15 is 0 Å². The molecule has 1 amide bonds. The smallest absolute Gasteiger partial charge is 0.276 e. The van der Waals surface area contributed by atoms with Gasteiger partial charge in [0.15, 0.2) is 5.69 Å². The van der Waals surface area contributed by atoms with E-state index in [9.17, 15) is 4.79 Å². The van der Waals surface area contributed by atoms with Crippen molar-refractivity contribution in [3.8, 4) is 0 Å². The largest absolute Gasteiger partial charge is 0.337 e. The quantitative estimate of drug-likeness (QED) is 0.880. The molecule has 1 saturated heterocycles. The summed E-state index contributed by atoms with van der Waals surface area (Å²) in [5.41, 5.74) is 1.69. The van der Waals surface area contributed by atoms with Crippen LogP contribution in [0, 0.1) is 0 Å². The summed E-state index contributed by atoms with van der Waals surface area (Å²) in [7, 11) is 0. The normalized spacial score (nSPS) is 15.4. The first-order valence-electron chi connectivity index (χ1n) is 8.73. The monoisotopic (exact) mass is 327 g/mol. The van der Waals surface area contributed by atoms with Gasteiger partial charge in [-0.25, -0.2) is 4.68 Å². The lowest BCUT2D eigenvalue weighted by molar-refractivity contribution is 0.0760. The number of piperidine rings is 1. The highest BCUT2D eigenvalue weighted by molar-refractivity contribution is 5.91. The predicted octanol–water partition coefficient (Wildman–Crippen LogP) is 1.91. The lowest BCUT2D eigenvalue weighted by Gasteiger charge is -2.22. The molecule has 128 valence electrons. The second kappa shape index (κ2) is 8.06. The molecule has 0 radical (unpaired) electrons. The van der Waals surface area contributed by atoms with Crippen molar-refractivity contribution in [3.63, 3.8) is 0 Å². The number of rotatable bonds is 6. The summed E-state index contributed by atoms with van der Waals surface area (Å²) in [5, 5.41) is 11.6. The summed E-state index contributed by atoms with van der Waals surface area (Å²) in [4.78, 5) is 14.5. The summed E-state index contributed by atoms with van der Waals surface area (Å²) in [6.07, 6.45) is 4.72. The Morgan fingerprint density at radius 3 is 2.75 bits per heavy atom. The van der Waals surface area contributed by atoms with Crippen molar-refractivity contribution in [2.45, 2.75) is 32.2 Å². The van der Waals surface area contributed by atoms with Crippen molar-refractivity contribution in [2.75, 3.05) is 26.2 Å². The first kappa shape index (κ1) is 16.6. The maximum absolute atomic E-state index is 12.7. The van der Waals surface area contributed by atoms with Crippen LogP contribution in [0.15, 0.2) is 36.5 Å². The van der Waals surface area contributed by atoms with Crippen molar-refractivity contribution in [1.82, 2.24) is 25.2 Å². The van der Waals surface area contributed by atoms with Gasteiger partial charge in [0, 0.05) is 13.1 Å². The van der Waals surface area contributed by atoms with Crippen LogP contribution < -0.4 is 5.32 Å². The van der Waals surface area contributed by atoms with Gasteiger partial charge >= 0.3 is 0 Å². The molecular weight excluding hydrogens is 302 g/mol. The predicted molar refractivity (Wildman–Crippen MR) is 92.9 cm³/mol. The van der Waals surface area contributed by atoms with E-state index in [1.807, 2.05) is 40.9 Å². The highest BCUT2D eigenvalue weighted by Gasteiger charge is 2.21. The third-order valence-corrected chi connectivity index (χ3v) is 4.59. The number of hydrogen-bond acceptors (Lipinski definition) is 4. The molecule has 0 bridgehead atoms. The van der Waals surface area contributed by atoms with Crippen molar-refractivity contribution < 1.29 is 4.79 Å².